The Labute approximate surface area is 166 Å². The summed E-state index contributed by atoms with van der Waals surface area (Å²) in [6.07, 6.45) is 6.43. The minimum absolute atomic E-state index is 0.0280. The van der Waals surface area contributed by atoms with Crippen LogP contribution >= 0.6 is 11.6 Å². The Bertz CT molecular complexity index is 890. The zero-order chi connectivity index (χ0) is 19.7. The second kappa shape index (κ2) is 7.71. The first kappa shape index (κ1) is 18.6. The molecule has 3 amide bonds. The lowest BCUT2D eigenvalue weighted by Gasteiger charge is -2.19. The van der Waals surface area contributed by atoms with E-state index < -0.39 is 0 Å². The summed E-state index contributed by atoms with van der Waals surface area (Å²) in [4.78, 5) is 42.7. The third-order valence-corrected chi connectivity index (χ3v) is 5.63. The number of imide groups is 1. The quantitative estimate of drug-likeness (QED) is 0.776. The van der Waals surface area contributed by atoms with Crippen LogP contribution in [0, 0.1) is 11.8 Å². The predicted molar refractivity (Wildman–Crippen MR) is 102 cm³/mol. The van der Waals surface area contributed by atoms with Gasteiger partial charge in [-0.2, -0.15) is 5.10 Å². The van der Waals surface area contributed by atoms with Crippen LogP contribution in [0.3, 0.4) is 0 Å². The molecule has 146 valence electrons. The highest BCUT2D eigenvalue weighted by Gasteiger charge is 2.47. The molecule has 4 rings (SSSR count). The first-order valence-corrected chi connectivity index (χ1v) is 9.72. The molecule has 0 spiro atoms. The fourth-order valence-electron chi connectivity index (χ4n) is 4.02. The largest absolute Gasteiger partial charge is 0.324 e. The summed E-state index contributed by atoms with van der Waals surface area (Å²) in [5.74, 6) is -0.964. The maximum absolute atomic E-state index is 12.5. The fraction of sp³-hybridized carbons (Fsp3) is 0.421. The molecule has 2 heterocycles. The summed E-state index contributed by atoms with van der Waals surface area (Å²) >= 11 is 6.06. The van der Waals surface area contributed by atoms with Crippen LogP contribution in [-0.2, 0) is 14.4 Å². The van der Waals surface area contributed by atoms with Crippen molar-refractivity contribution in [1.29, 1.82) is 0 Å². The van der Waals surface area contributed by atoms with Crippen LogP contribution in [0.4, 0.5) is 5.69 Å². The van der Waals surface area contributed by atoms with Crippen LogP contribution in [0.25, 0.3) is 5.69 Å². The lowest BCUT2D eigenvalue weighted by molar-refractivity contribution is -0.140. The van der Waals surface area contributed by atoms with Gasteiger partial charge in [0.05, 0.1) is 23.2 Å². The van der Waals surface area contributed by atoms with Crippen molar-refractivity contribution in [3.63, 3.8) is 0 Å². The topological polar surface area (TPSA) is 97.2 Å². The molecule has 1 N–H and O–H groups in total. The van der Waals surface area contributed by atoms with Crippen molar-refractivity contribution in [1.82, 2.24) is 19.7 Å². The average molecular weight is 402 g/mol. The Hall–Kier alpha value is -2.74. The van der Waals surface area contributed by atoms with Gasteiger partial charge in [-0.1, -0.05) is 24.4 Å². The minimum atomic E-state index is -0.306. The number of fused-ring (bicyclic) bond motifs is 1. The van der Waals surface area contributed by atoms with Crippen LogP contribution < -0.4 is 5.32 Å². The molecule has 2 fully saturated rings. The molecule has 1 saturated heterocycles. The maximum atomic E-state index is 12.5. The van der Waals surface area contributed by atoms with Crippen molar-refractivity contribution in [3.8, 4) is 5.69 Å². The van der Waals surface area contributed by atoms with Gasteiger partial charge in [-0.25, -0.2) is 9.67 Å². The van der Waals surface area contributed by atoms with E-state index in [4.69, 9.17) is 11.6 Å². The Morgan fingerprint density at radius 1 is 1.18 bits per heavy atom. The fourth-order valence-corrected chi connectivity index (χ4v) is 4.19. The standard InChI is InChI=1S/C19H20ClN5O3/c20-12-5-6-16(25-11-21-10-22-25)15(9-12)23-17(26)7-8-24-18(27)13-3-1-2-4-14(13)19(24)28/h5-6,9-11,13-14H,1-4,7-8H2,(H,23,26)/t13-,14+. The summed E-state index contributed by atoms with van der Waals surface area (Å²) in [6, 6.07) is 5.04. The average Bonchev–Trinajstić information content (AvgIpc) is 3.29. The first-order chi connectivity index (χ1) is 13.5. The molecule has 28 heavy (non-hydrogen) atoms. The number of amides is 3. The van der Waals surface area contributed by atoms with Gasteiger partial charge in [0.15, 0.2) is 0 Å². The third kappa shape index (κ3) is 3.52. The first-order valence-electron chi connectivity index (χ1n) is 9.34. The number of rotatable bonds is 5. The van der Waals surface area contributed by atoms with E-state index >= 15 is 0 Å². The number of aromatic nitrogens is 3. The van der Waals surface area contributed by atoms with Gasteiger partial charge < -0.3 is 5.32 Å². The number of anilines is 1. The van der Waals surface area contributed by atoms with Crippen molar-refractivity contribution < 1.29 is 14.4 Å². The molecule has 2 aliphatic rings. The van der Waals surface area contributed by atoms with Gasteiger partial charge in [0.25, 0.3) is 0 Å². The summed E-state index contributed by atoms with van der Waals surface area (Å²) in [5, 5.41) is 7.33. The van der Waals surface area contributed by atoms with Gasteiger partial charge in [0.2, 0.25) is 17.7 Å². The summed E-state index contributed by atoms with van der Waals surface area (Å²) in [6.45, 7) is 0.0930. The smallest absolute Gasteiger partial charge is 0.233 e. The number of hydrogen-bond acceptors (Lipinski definition) is 5. The third-order valence-electron chi connectivity index (χ3n) is 5.39. The molecule has 0 bridgehead atoms. The molecular weight excluding hydrogens is 382 g/mol. The van der Waals surface area contributed by atoms with E-state index in [1.54, 1.807) is 18.2 Å². The SMILES string of the molecule is O=C(CCN1C(=O)[C@H]2CCCC[C@H]2C1=O)Nc1cc(Cl)ccc1-n1cncn1. The normalized spacial score (nSPS) is 21.7. The number of carbonyl (C=O) groups is 3. The maximum Gasteiger partial charge on any atom is 0.233 e. The summed E-state index contributed by atoms with van der Waals surface area (Å²) in [7, 11) is 0. The molecular formula is C19H20ClN5O3. The Morgan fingerprint density at radius 2 is 1.89 bits per heavy atom. The Kier molecular flexibility index (Phi) is 5.13. The highest BCUT2D eigenvalue weighted by Crippen LogP contribution is 2.38. The highest BCUT2D eigenvalue weighted by molar-refractivity contribution is 6.31. The molecule has 1 aromatic heterocycles. The zero-order valence-electron chi connectivity index (χ0n) is 15.2. The molecule has 1 aromatic carbocycles. The lowest BCUT2D eigenvalue weighted by atomic mass is 9.81. The van der Waals surface area contributed by atoms with E-state index in [1.807, 2.05) is 0 Å². The Balaban J connectivity index is 1.42. The van der Waals surface area contributed by atoms with Crippen LogP contribution in [0.15, 0.2) is 30.9 Å². The van der Waals surface area contributed by atoms with Gasteiger partial charge in [-0.05, 0) is 31.0 Å². The molecule has 2 aromatic rings. The molecule has 8 nitrogen and oxygen atoms in total. The van der Waals surface area contributed by atoms with Gasteiger partial charge in [0, 0.05) is 18.0 Å². The summed E-state index contributed by atoms with van der Waals surface area (Å²) in [5.41, 5.74) is 1.10. The number of hydrogen-bond donors (Lipinski definition) is 1. The predicted octanol–water partition coefficient (Wildman–Crippen LogP) is 2.42. The van der Waals surface area contributed by atoms with Gasteiger partial charge in [-0.3, -0.25) is 19.3 Å². The van der Waals surface area contributed by atoms with Gasteiger partial charge >= 0.3 is 0 Å². The number of benzene rings is 1. The number of nitrogens with one attached hydrogen (secondary N) is 1. The van der Waals surface area contributed by atoms with Crippen LogP contribution in [0.5, 0.6) is 0 Å². The summed E-state index contributed by atoms with van der Waals surface area (Å²) < 4.78 is 1.52. The van der Waals surface area contributed by atoms with Crippen molar-refractivity contribution in [2.24, 2.45) is 11.8 Å². The number of halogens is 1. The van der Waals surface area contributed by atoms with Gasteiger partial charge in [0.1, 0.15) is 12.7 Å². The van der Waals surface area contributed by atoms with E-state index in [0.717, 1.165) is 25.7 Å². The second-order valence-corrected chi connectivity index (χ2v) is 7.56. The molecule has 1 aliphatic carbocycles. The highest BCUT2D eigenvalue weighted by atomic mass is 35.5. The molecule has 1 saturated carbocycles. The van der Waals surface area contributed by atoms with E-state index in [0.29, 0.717) is 16.4 Å². The molecule has 9 heteroatoms. The number of carbonyl (C=O) groups excluding carboxylic acids is 3. The van der Waals surface area contributed by atoms with E-state index in [2.05, 4.69) is 15.4 Å². The van der Waals surface area contributed by atoms with Crippen molar-refractivity contribution in [2.45, 2.75) is 32.1 Å². The lowest BCUT2D eigenvalue weighted by Crippen LogP contribution is -2.34. The zero-order valence-corrected chi connectivity index (χ0v) is 15.9. The molecule has 1 aliphatic heterocycles. The minimum Gasteiger partial charge on any atom is -0.324 e. The molecule has 2 atom stereocenters. The van der Waals surface area contributed by atoms with Crippen LogP contribution in [-0.4, -0.2) is 43.9 Å². The van der Waals surface area contributed by atoms with Crippen LogP contribution in [0.1, 0.15) is 32.1 Å². The second-order valence-electron chi connectivity index (χ2n) is 7.13. The van der Waals surface area contributed by atoms with Gasteiger partial charge in [-0.15, -0.1) is 0 Å². The number of likely N-dealkylation sites (tertiary alicyclic amines) is 1. The van der Waals surface area contributed by atoms with Crippen molar-refractivity contribution in [3.05, 3.63) is 35.9 Å². The van der Waals surface area contributed by atoms with E-state index in [-0.39, 0.29) is 42.5 Å². The van der Waals surface area contributed by atoms with Crippen LogP contribution in [0.2, 0.25) is 5.02 Å². The monoisotopic (exact) mass is 401 g/mol. The number of nitrogens with zero attached hydrogens (tertiary/aromatic N) is 4. The van der Waals surface area contributed by atoms with Crippen molar-refractivity contribution >= 4 is 35.0 Å². The van der Waals surface area contributed by atoms with Crippen molar-refractivity contribution in [2.75, 3.05) is 11.9 Å². The molecule has 0 radical (unpaired) electrons. The van der Waals surface area contributed by atoms with E-state index in [9.17, 15) is 14.4 Å². The van der Waals surface area contributed by atoms with E-state index in [1.165, 1.54) is 22.2 Å². The molecule has 0 unspecified atom stereocenters. The Morgan fingerprint density at radius 3 is 2.54 bits per heavy atom.